The minimum absolute atomic E-state index is 0. The lowest BCUT2D eigenvalue weighted by Crippen LogP contribution is -2.49. The Kier molecular flexibility index (Phi) is 7.40. The van der Waals surface area contributed by atoms with Crippen LogP contribution in [0.1, 0.15) is 23.7 Å². The summed E-state index contributed by atoms with van der Waals surface area (Å²) in [5, 5.41) is 5.98. The number of carbonyl (C=O) groups is 1. The maximum atomic E-state index is 13.2. The van der Waals surface area contributed by atoms with E-state index in [1.807, 2.05) is 23.9 Å². The molecule has 2 aromatic heterocycles. The number of halogens is 1. The fraction of sp³-hybridized carbons (Fsp3) is 0.500. The van der Waals surface area contributed by atoms with E-state index in [0.29, 0.717) is 36.8 Å². The topological polar surface area (TPSA) is 96.3 Å². The maximum Gasteiger partial charge on any atom is 0.253 e. The molecule has 11 heteroatoms. The van der Waals surface area contributed by atoms with Crippen LogP contribution in [0, 0.1) is 0 Å². The first-order valence-electron chi connectivity index (χ1n) is 8.42. The Morgan fingerprint density at radius 1 is 1.44 bits per heavy atom. The van der Waals surface area contributed by atoms with Crippen LogP contribution in [0.4, 0.5) is 0 Å². The number of imidazole rings is 1. The van der Waals surface area contributed by atoms with Gasteiger partial charge in [-0.2, -0.15) is 4.31 Å². The van der Waals surface area contributed by atoms with Gasteiger partial charge in [0.2, 0.25) is 5.91 Å². The molecule has 1 atom stereocenters. The van der Waals surface area contributed by atoms with Crippen LogP contribution in [-0.2, 0) is 28.3 Å². The molecule has 1 aliphatic rings. The molecule has 150 valence electrons. The van der Waals surface area contributed by atoms with Crippen LogP contribution in [0.2, 0.25) is 0 Å². The summed E-state index contributed by atoms with van der Waals surface area (Å²) in [5.41, 5.74) is 0. The lowest BCUT2D eigenvalue weighted by molar-refractivity contribution is -0.118. The molecule has 0 saturated carbocycles. The lowest BCUT2D eigenvalue weighted by Gasteiger charge is -2.34. The summed E-state index contributed by atoms with van der Waals surface area (Å²) in [5.74, 6) is 0.636. The number of thiophene rings is 1. The van der Waals surface area contributed by atoms with Gasteiger partial charge in [-0.05, 0) is 18.6 Å². The molecule has 2 N–H and O–H groups in total. The van der Waals surface area contributed by atoms with Crippen molar-refractivity contribution in [2.75, 3.05) is 26.2 Å². The zero-order valence-electron chi connectivity index (χ0n) is 15.2. The molecule has 2 aromatic rings. The SMILES string of the molecule is CC(=O)NCCc1ccc(S(=O)(=O)N2CCNCC2c2nccn2C)s1.Cl. The molecule has 8 nitrogen and oxygen atoms in total. The van der Waals surface area contributed by atoms with Crippen molar-refractivity contribution in [3.8, 4) is 0 Å². The summed E-state index contributed by atoms with van der Waals surface area (Å²) < 4.78 is 30.1. The van der Waals surface area contributed by atoms with Gasteiger partial charge in [-0.1, -0.05) is 0 Å². The summed E-state index contributed by atoms with van der Waals surface area (Å²) >= 11 is 1.26. The minimum atomic E-state index is -3.60. The van der Waals surface area contributed by atoms with Gasteiger partial charge in [-0.3, -0.25) is 4.79 Å². The molecule has 0 aromatic carbocycles. The standard InChI is InChI=1S/C16H23N5O3S2.ClH/c1-12(22)18-6-5-13-3-4-15(25-13)26(23,24)21-10-7-17-11-14(21)16-19-8-9-20(16)2;/h3-4,8-9,14,17H,5-7,10-11H2,1-2H3,(H,18,22);1H. The van der Waals surface area contributed by atoms with E-state index in [4.69, 9.17) is 0 Å². The highest BCUT2D eigenvalue weighted by molar-refractivity contribution is 7.91. The summed E-state index contributed by atoms with van der Waals surface area (Å²) in [6.45, 7) is 3.51. The third-order valence-corrected chi connectivity index (χ3v) is 7.82. The molecular weight excluding hydrogens is 410 g/mol. The van der Waals surface area contributed by atoms with Gasteiger partial charge in [0.1, 0.15) is 10.0 Å². The van der Waals surface area contributed by atoms with E-state index in [2.05, 4.69) is 15.6 Å². The van der Waals surface area contributed by atoms with Gasteiger partial charge < -0.3 is 15.2 Å². The van der Waals surface area contributed by atoms with E-state index in [9.17, 15) is 13.2 Å². The fourth-order valence-corrected chi connectivity index (χ4v) is 6.07. The van der Waals surface area contributed by atoms with Crippen LogP contribution in [0.25, 0.3) is 0 Å². The van der Waals surface area contributed by atoms with Crippen molar-refractivity contribution in [1.82, 2.24) is 24.5 Å². The average Bonchev–Trinajstić information content (AvgIpc) is 3.24. The van der Waals surface area contributed by atoms with Crippen LogP contribution < -0.4 is 10.6 Å². The van der Waals surface area contributed by atoms with Crippen molar-refractivity contribution in [2.24, 2.45) is 7.05 Å². The molecule has 0 bridgehead atoms. The van der Waals surface area contributed by atoms with Gasteiger partial charge in [-0.25, -0.2) is 13.4 Å². The second kappa shape index (κ2) is 9.16. The molecule has 1 fully saturated rings. The number of sulfonamides is 1. The smallest absolute Gasteiger partial charge is 0.253 e. The highest BCUT2D eigenvalue weighted by Gasteiger charge is 2.37. The van der Waals surface area contributed by atoms with Gasteiger partial charge in [0.25, 0.3) is 10.0 Å². The first kappa shape index (κ1) is 21.8. The number of nitrogens with one attached hydrogen (secondary N) is 2. The largest absolute Gasteiger partial charge is 0.356 e. The van der Waals surface area contributed by atoms with Crippen molar-refractivity contribution in [3.05, 3.63) is 35.2 Å². The summed E-state index contributed by atoms with van der Waals surface area (Å²) in [6, 6.07) is 3.14. The third kappa shape index (κ3) is 4.88. The molecule has 0 radical (unpaired) electrons. The molecule has 27 heavy (non-hydrogen) atoms. The quantitative estimate of drug-likeness (QED) is 0.706. The molecule has 1 aliphatic heterocycles. The number of nitrogens with zero attached hydrogens (tertiary/aromatic N) is 3. The van der Waals surface area contributed by atoms with E-state index in [1.165, 1.54) is 22.6 Å². The Hall–Kier alpha value is -1.46. The number of piperazine rings is 1. The Bertz CT molecular complexity index is 880. The van der Waals surface area contributed by atoms with Crippen LogP contribution in [0.3, 0.4) is 0 Å². The number of aryl methyl sites for hydroxylation is 1. The zero-order valence-corrected chi connectivity index (χ0v) is 17.7. The van der Waals surface area contributed by atoms with E-state index in [1.54, 1.807) is 12.3 Å². The van der Waals surface area contributed by atoms with E-state index >= 15 is 0 Å². The minimum Gasteiger partial charge on any atom is -0.356 e. The molecule has 3 rings (SSSR count). The molecule has 1 unspecified atom stereocenters. The number of carbonyl (C=O) groups excluding carboxylic acids is 1. The van der Waals surface area contributed by atoms with Crippen molar-refractivity contribution in [2.45, 2.75) is 23.6 Å². The van der Waals surface area contributed by atoms with Gasteiger partial charge in [0, 0.05) is 57.4 Å². The predicted octanol–water partition coefficient (Wildman–Crippen LogP) is 0.917. The first-order valence-corrected chi connectivity index (χ1v) is 10.7. The number of hydrogen-bond acceptors (Lipinski definition) is 6. The van der Waals surface area contributed by atoms with Gasteiger partial charge in [-0.15, -0.1) is 23.7 Å². The predicted molar refractivity (Wildman–Crippen MR) is 107 cm³/mol. The van der Waals surface area contributed by atoms with Gasteiger partial charge >= 0.3 is 0 Å². The highest BCUT2D eigenvalue weighted by atomic mass is 35.5. The van der Waals surface area contributed by atoms with E-state index < -0.39 is 10.0 Å². The van der Waals surface area contributed by atoms with Crippen LogP contribution in [0.15, 0.2) is 28.7 Å². The first-order chi connectivity index (χ1) is 12.4. The summed E-state index contributed by atoms with van der Waals surface area (Å²) in [4.78, 5) is 16.2. The van der Waals surface area contributed by atoms with Crippen molar-refractivity contribution >= 4 is 39.7 Å². The van der Waals surface area contributed by atoms with E-state index in [0.717, 1.165) is 10.7 Å². The Morgan fingerprint density at radius 3 is 2.89 bits per heavy atom. The van der Waals surface area contributed by atoms with Crippen molar-refractivity contribution in [3.63, 3.8) is 0 Å². The Balaban J connectivity index is 0.00000261. The lowest BCUT2D eigenvalue weighted by atomic mass is 10.2. The van der Waals surface area contributed by atoms with Gasteiger partial charge in [0.05, 0.1) is 6.04 Å². The third-order valence-electron chi connectivity index (χ3n) is 4.30. The average molecular weight is 434 g/mol. The van der Waals surface area contributed by atoms with Crippen LogP contribution in [0.5, 0.6) is 0 Å². The molecule has 1 amide bonds. The summed E-state index contributed by atoms with van der Waals surface area (Å²) in [7, 11) is -1.74. The van der Waals surface area contributed by atoms with Crippen LogP contribution in [-0.4, -0.2) is 54.4 Å². The number of amides is 1. The second-order valence-electron chi connectivity index (χ2n) is 6.19. The zero-order chi connectivity index (χ0) is 18.7. The summed E-state index contributed by atoms with van der Waals surface area (Å²) in [6.07, 6.45) is 4.12. The normalized spacial score (nSPS) is 18.1. The van der Waals surface area contributed by atoms with Crippen LogP contribution >= 0.6 is 23.7 Å². The van der Waals surface area contributed by atoms with Crippen molar-refractivity contribution < 1.29 is 13.2 Å². The molecule has 0 spiro atoms. The maximum absolute atomic E-state index is 13.2. The fourth-order valence-electron chi connectivity index (χ4n) is 3.00. The Morgan fingerprint density at radius 2 is 2.22 bits per heavy atom. The molecule has 3 heterocycles. The molecule has 1 saturated heterocycles. The Labute approximate surface area is 169 Å². The number of hydrogen-bond donors (Lipinski definition) is 2. The number of aromatic nitrogens is 2. The van der Waals surface area contributed by atoms with E-state index in [-0.39, 0.29) is 24.4 Å². The second-order valence-corrected chi connectivity index (χ2v) is 9.47. The monoisotopic (exact) mass is 433 g/mol. The molecule has 0 aliphatic carbocycles. The number of rotatable bonds is 6. The van der Waals surface area contributed by atoms with Crippen molar-refractivity contribution in [1.29, 1.82) is 0 Å². The van der Waals surface area contributed by atoms with Gasteiger partial charge in [0.15, 0.2) is 0 Å². The highest BCUT2D eigenvalue weighted by Crippen LogP contribution is 2.31. The molecular formula is C16H24ClN5O3S2.